The largest absolute Gasteiger partial charge is 0.586 e. The Kier molecular flexibility index (Phi) is 3.73. The molecule has 2 aromatic heterocycles. The SMILES string of the molecule is CC(C)(C)c1cc2cc(NC(=O)C3(c4ccc5c(c4)OC(F)(F)O5)CC3)ncc2[nH]1.[HH]. The topological polar surface area (TPSA) is 76.2 Å². The maximum atomic E-state index is 13.3. The molecule has 0 spiro atoms. The average Bonchev–Trinajstić information content (AvgIpc) is 3.24. The van der Waals surface area contributed by atoms with Gasteiger partial charge in [-0.05, 0) is 42.7 Å². The highest BCUT2D eigenvalue weighted by Gasteiger charge is 2.53. The van der Waals surface area contributed by atoms with Gasteiger partial charge < -0.3 is 19.8 Å². The third-order valence-electron chi connectivity index (χ3n) is 5.69. The van der Waals surface area contributed by atoms with Gasteiger partial charge in [0.25, 0.3) is 0 Å². The minimum atomic E-state index is -3.68. The van der Waals surface area contributed by atoms with Gasteiger partial charge in [0.05, 0.1) is 17.1 Å². The van der Waals surface area contributed by atoms with Crippen molar-refractivity contribution in [2.75, 3.05) is 5.32 Å². The van der Waals surface area contributed by atoms with Gasteiger partial charge in [-0.1, -0.05) is 26.8 Å². The van der Waals surface area contributed by atoms with Crippen molar-refractivity contribution >= 4 is 22.6 Å². The van der Waals surface area contributed by atoms with Crippen LogP contribution in [-0.2, 0) is 15.6 Å². The summed E-state index contributed by atoms with van der Waals surface area (Å²) in [6, 6.07) is 8.39. The lowest BCUT2D eigenvalue weighted by Crippen LogP contribution is -2.28. The number of pyridine rings is 1. The first-order valence-corrected chi connectivity index (χ1v) is 9.77. The third-order valence-corrected chi connectivity index (χ3v) is 5.69. The van der Waals surface area contributed by atoms with E-state index in [2.05, 4.69) is 51.6 Å². The van der Waals surface area contributed by atoms with Crippen LogP contribution < -0.4 is 14.8 Å². The van der Waals surface area contributed by atoms with Crippen LogP contribution in [-0.4, -0.2) is 22.2 Å². The molecule has 2 aliphatic rings. The molecule has 5 rings (SSSR count). The van der Waals surface area contributed by atoms with E-state index in [0.29, 0.717) is 24.2 Å². The number of aromatic amines is 1. The molecule has 1 saturated carbocycles. The predicted octanol–water partition coefficient (Wildman–Crippen LogP) is 5.10. The maximum Gasteiger partial charge on any atom is 0.586 e. The zero-order valence-corrected chi connectivity index (χ0v) is 16.8. The first kappa shape index (κ1) is 18.8. The van der Waals surface area contributed by atoms with Crippen LogP contribution in [0.15, 0.2) is 36.5 Å². The van der Waals surface area contributed by atoms with Gasteiger partial charge in [0.1, 0.15) is 5.82 Å². The Hall–Kier alpha value is -3.16. The molecule has 0 saturated heterocycles. The van der Waals surface area contributed by atoms with E-state index >= 15 is 0 Å². The Morgan fingerprint density at radius 1 is 1.17 bits per heavy atom. The van der Waals surface area contributed by atoms with Crippen LogP contribution >= 0.6 is 0 Å². The van der Waals surface area contributed by atoms with Crippen LogP contribution in [0.1, 0.15) is 46.3 Å². The molecule has 1 fully saturated rings. The van der Waals surface area contributed by atoms with Crippen molar-refractivity contribution in [3.8, 4) is 11.5 Å². The number of alkyl halides is 2. The highest BCUT2D eigenvalue weighted by molar-refractivity contribution is 6.01. The fourth-order valence-electron chi connectivity index (χ4n) is 3.76. The number of carbonyl (C=O) groups excluding carboxylic acids is 1. The molecule has 0 bridgehead atoms. The van der Waals surface area contributed by atoms with E-state index in [0.717, 1.165) is 16.6 Å². The van der Waals surface area contributed by atoms with E-state index in [1.807, 2.05) is 6.07 Å². The Bertz CT molecular complexity index is 1180. The molecule has 0 atom stereocenters. The number of aromatic nitrogens is 2. The minimum absolute atomic E-state index is 0. The first-order valence-electron chi connectivity index (χ1n) is 9.77. The van der Waals surface area contributed by atoms with Crippen LogP contribution in [0.25, 0.3) is 10.9 Å². The van der Waals surface area contributed by atoms with Gasteiger partial charge in [0.2, 0.25) is 5.91 Å². The quantitative estimate of drug-likeness (QED) is 0.624. The molecule has 6 nitrogen and oxygen atoms in total. The molecule has 3 heterocycles. The van der Waals surface area contributed by atoms with Crippen molar-refractivity contribution in [2.45, 2.75) is 50.7 Å². The molecule has 1 aliphatic heterocycles. The minimum Gasteiger partial charge on any atom is -0.395 e. The smallest absolute Gasteiger partial charge is 0.395 e. The third kappa shape index (κ3) is 3.07. The van der Waals surface area contributed by atoms with Crippen molar-refractivity contribution in [2.24, 2.45) is 0 Å². The Morgan fingerprint density at radius 2 is 1.90 bits per heavy atom. The molecule has 1 amide bonds. The number of halogens is 2. The van der Waals surface area contributed by atoms with Crippen molar-refractivity contribution in [1.29, 1.82) is 0 Å². The van der Waals surface area contributed by atoms with Crippen LogP contribution in [0.5, 0.6) is 11.5 Å². The molecule has 3 aromatic rings. The second-order valence-electron chi connectivity index (χ2n) is 8.96. The normalized spacial score (nSPS) is 18.4. The molecule has 2 N–H and O–H groups in total. The van der Waals surface area contributed by atoms with E-state index < -0.39 is 11.7 Å². The second-order valence-corrected chi connectivity index (χ2v) is 8.96. The number of hydrogen-bond acceptors (Lipinski definition) is 4. The number of anilines is 1. The van der Waals surface area contributed by atoms with Gasteiger partial charge in [-0.3, -0.25) is 4.79 Å². The Labute approximate surface area is 173 Å². The lowest BCUT2D eigenvalue weighted by molar-refractivity contribution is -0.286. The van der Waals surface area contributed by atoms with E-state index in [9.17, 15) is 13.6 Å². The molecule has 0 radical (unpaired) electrons. The molecule has 30 heavy (non-hydrogen) atoms. The summed E-state index contributed by atoms with van der Waals surface area (Å²) < 4.78 is 35.6. The molecular formula is C22H23F2N3O3. The summed E-state index contributed by atoms with van der Waals surface area (Å²) in [6.45, 7) is 6.35. The number of H-pyrrole nitrogens is 1. The standard InChI is InChI=1S/C22H21F2N3O3.H2/c1-20(2,3)17-8-12-9-18(25-11-14(12)26-17)27-19(28)21(6-7-21)13-4-5-15-16(10-13)30-22(23,24)29-15;/h4-5,8-11,26H,6-7H2,1-3H3,(H,25,27,28);1H. The summed E-state index contributed by atoms with van der Waals surface area (Å²) in [7, 11) is 0. The number of nitrogens with one attached hydrogen (secondary N) is 2. The number of hydrogen-bond donors (Lipinski definition) is 2. The number of benzene rings is 1. The lowest BCUT2D eigenvalue weighted by atomic mass is 9.92. The molecule has 158 valence electrons. The van der Waals surface area contributed by atoms with Gasteiger partial charge in [-0.2, -0.15) is 0 Å². The highest BCUT2D eigenvalue weighted by Crippen LogP contribution is 2.52. The van der Waals surface area contributed by atoms with E-state index in [4.69, 9.17) is 0 Å². The van der Waals surface area contributed by atoms with Gasteiger partial charge in [0.15, 0.2) is 11.5 Å². The maximum absolute atomic E-state index is 13.3. The van der Waals surface area contributed by atoms with E-state index in [-0.39, 0.29) is 24.2 Å². The Balaban J connectivity index is 0.00000231. The van der Waals surface area contributed by atoms with Crippen LogP contribution in [0.3, 0.4) is 0 Å². The van der Waals surface area contributed by atoms with Crippen molar-refractivity contribution in [3.63, 3.8) is 0 Å². The highest BCUT2D eigenvalue weighted by atomic mass is 19.3. The van der Waals surface area contributed by atoms with Crippen molar-refractivity contribution in [1.82, 2.24) is 9.97 Å². The summed E-state index contributed by atoms with van der Waals surface area (Å²) in [4.78, 5) is 20.7. The number of ether oxygens (including phenoxy) is 2. The number of carbonyl (C=O) groups is 1. The van der Waals surface area contributed by atoms with Crippen LogP contribution in [0, 0.1) is 0 Å². The number of nitrogens with zero attached hydrogens (tertiary/aromatic N) is 1. The predicted molar refractivity (Wildman–Crippen MR) is 109 cm³/mol. The summed E-state index contributed by atoms with van der Waals surface area (Å²) in [5.74, 6) is 0.143. The molecule has 8 heteroatoms. The van der Waals surface area contributed by atoms with Gasteiger partial charge in [-0.25, -0.2) is 4.98 Å². The van der Waals surface area contributed by atoms with E-state index in [1.54, 1.807) is 12.3 Å². The molecule has 0 unspecified atom stereocenters. The Morgan fingerprint density at radius 3 is 2.60 bits per heavy atom. The fraction of sp³-hybridized carbons (Fsp3) is 0.364. The zero-order chi connectivity index (χ0) is 21.3. The summed E-state index contributed by atoms with van der Waals surface area (Å²) in [6.07, 6.45) is -0.741. The van der Waals surface area contributed by atoms with Crippen molar-refractivity contribution < 1.29 is 24.5 Å². The fourth-order valence-corrected chi connectivity index (χ4v) is 3.76. The summed E-state index contributed by atoms with van der Waals surface area (Å²) in [5, 5.41) is 3.84. The molecular weight excluding hydrogens is 392 g/mol. The first-order chi connectivity index (χ1) is 14.1. The zero-order valence-electron chi connectivity index (χ0n) is 16.8. The van der Waals surface area contributed by atoms with E-state index in [1.165, 1.54) is 12.1 Å². The summed E-state index contributed by atoms with van der Waals surface area (Å²) >= 11 is 0. The number of amides is 1. The van der Waals surface area contributed by atoms with Gasteiger partial charge in [-0.15, -0.1) is 8.78 Å². The monoisotopic (exact) mass is 415 g/mol. The van der Waals surface area contributed by atoms with Crippen LogP contribution in [0.2, 0.25) is 0 Å². The van der Waals surface area contributed by atoms with Gasteiger partial charge >= 0.3 is 6.29 Å². The van der Waals surface area contributed by atoms with Crippen LogP contribution in [0.4, 0.5) is 14.6 Å². The number of fused-ring (bicyclic) bond motifs is 2. The molecule has 1 aromatic carbocycles. The summed E-state index contributed by atoms with van der Waals surface area (Å²) in [5.41, 5.74) is 1.80. The van der Waals surface area contributed by atoms with Crippen molar-refractivity contribution in [3.05, 3.63) is 47.8 Å². The lowest BCUT2D eigenvalue weighted by Gasteiger charge is -2.16. The number of rotatable bonds is 3. The molecule has 1 aliphatic carbocycles. The average molecular weight is 415 g/mol. The van der Waals surface area contributed by atoms with Gasteiger partial charge in [0, 0.05) is 17.9 Å². The second kappa shape index (κ2) is 5.93.